The third-order valence-corrected chi connectivity index (χ3v) is 3.79. The molecule has 0 radical (unpaired) electrons. The molecule has 0 saturated heterocycles. The first-order chi connectivity index (χ1) is 8.29. The van der Waals surface area contributed by atoms with Crippen molar-refractivity contribution in [2.75, 3.05) is 0 Å². The van der Waals surface area contributed by atoms with Crippen molar-refractivity contribution in [1.29, 1.82) is 0 Å². The molecular weight excluding hydrogens is 208 g/mol. The third kappa shape index (κ3) is 8.43. The molecule has 1 heteroatoms. The summed E-state index contributed by atoms with van der Waals surface area (Å²) < 4.78 is 0. The minimum Gasteiger partial charge on any atom is -0.393 e. The van der Waals surface area contributed by atoms with E-state index in [9.17, 15) is 5.11 Å². The summed E-state index contributed by atoms with van der Waals surface area (Å²) in [5.41, 5.74) is 0. The largest absolute Gasteiger partial charge is 0.393 e. The number of aliphatic hydroxyl groups is 1. The Kier molecular flexibility index (Phi) is 8.42. The van der Waals surface area contributed by atoms with E-state index in [4.69, 9.17) is 0 Å². The molecule has 0 bridgehead atoms. The minimum absolute atomic E-state index is 0.0662. The highest BCUT2D eigenvalue weighted by molar-refractivity contribution is 4.83. The molecule has 0 amide bonds. The van der Waals surface area contributed by atoms with E-state index in [0.717, 1.165) is 19.3 Å². The summed E-state index contributed by atoms with van der Waals surface area (Å²) in [6, 6.07) is 0. The van der Waals surface area contributed by atoms with E-state index in [1.165, 1.54) is 51.4 Å². The van der Waals surface area contributed by atoms with Gasteiger partial charge in [-0.1, -0.05) is 57.6 Å². The minimum atomic E-state index is -0.0662. The number of hydrogen-bond donors (Lipinski definition) is 1. The van der Waals surface area contributed by atoms with Crippen molar-refractivity contribution >= 4 is 0 Å². The lowest BCUT2D eigenvalue weighted by atomic mass is 9.96. The van der Waals surface area contributed by atoms with Crippen molar-refractivity contribution in [3.8, 4) is 0 Å². The molecule has 1 N–H and O–H groups in total. The van der Waals surface area contributed by atoms with E-state index in [1.807, 2.05) is 0 Å². The van der Waals surface area contributed by atoms with Gasteiger partial charge in [-0.2, -0.15) is 0 Å². The molecule has 1 aliphatic rings. The van der Waals surface area contributed by atoms with Gasteiger partial charge in [-0.3, -0.25) is 0 Å². The molecular formula is C16H30O. The summed E-state index contributed by atoms with van der Waals surface area (Å²) in [7, 11) is 0. The van der Waals surface area contributed by atoms with Crippen LogP contribution in [0.4, 0.5) is 0 Å². The predicted molar refractivity (Wildman–Crippen MR) is 75.1 cm³/mol. The fourth-order valence-corrected chi connectivity index (χ4v) is 2.65. The van der Waals surface area contributed by atoms with Gasteiger partial charge < -0.3 is 5.11 Å². The summed E-state index contributed by atoms with van der Waals surface area (Å²) in [6.45, 7) is 2.26. The van der Waals surface area contributed by atoms with E-state index in [0.29, 0.717) is 5.92 Å². The van der Waals surface area contributed by atoms with Crippen molar-refractivity contribution in [1.82, 2.24) is 0 Å². The zero-order valence-corrected chi connectivity index (χ0v) is 11.5. The van der Waals surface area contributed by atoms with Crippen molar-refractivity contribution < 1.29 is 5.11 Å². The highest BCUT2D eigenvalue weighted by Gasteiger charge is 2.09. The molecule has 0 spiro atoms. The number of rotatable bonds is 0. The second kappa shape index (κ2) is 9.70. The summed E-state index contributed by atoms with van der Waals surface area (Å²) >= 11 is 0. The van der Waals surface area contributed by atoms with Crippen LogP contribution in [0.3, 0.4) is 0 Å². The van der Waals surface area contributed by atoms with Gasteiger partial charge in [-0.05, 0) is 38.0 Å². The second-order valence-electron chi connectivity index (χ2n) is 5.75. The Hall–Kier alpha value is -0.300. The first-order valence-electron chi connectivity index (χ1n) is 7.62. The number of allylic oxidation sites excluding steroid dienone is 2. The fraction of sp³-hybridized carbons (Fsp3) is 0.875. The Morgan fingerprint density at radius 1 is 0.882 bits per heavy atom. The van der Waals surface area contributed by atoms with E-state index in [-0.39, 0.29) is 6.10 Å². The molecule has 100 valence electrons. The van der Waals surface area contributed by atoms with Crippen molar-refractivity contribution in [3.05, 3.63) is 12.2 Å². The highest BCUT2D eigenvalue weighted by atomic mass is 16.3. The van der Waals surface area contributed by atoms with Crippen LogP contribution in [0.5, 0.6) is 0 Å². The smallest absolute Gasteiger partial charge is 0.0542 e. The van der Waals surface area contributed by atoms with Crippen LogP contribution in [0.25, 0.3) is 0 Å². The van der Waals surface area contributed by atoms with Crippen LogP contribution < -0.4 is 0 Å². The van der Waals surface area contributed by atoms with Crippen LogP contribution >= 0.6 is 0 Å². The Bertz CT molecular complexity index is 198. The monoisotopic (exact) mass is 238 g/mol. The molecule has 2 atom stereocenters. The molecule has 1 nitrogen and oxygen atoms in total. The van der Waals surface area contributed by atoms with Gasteiger partial charge in [-0.25, -0.2) is 0 Å². The molecule has 0 aromatic carbocycles. The maximum atomic E-state index is 9.92. The maximum Gasteiger partial charge on any atom is 0.0542 e. The standard InChI is InChI=1S/C16H30O/c1-15-12-10-8-6-4-2-3-5-7-9-11-13-16(17)14-15/h8,10,15-17H,2-7,9,11-14H2,1H3/b10-8-/t15-,16?/m1/s1. The zero-order valence-electron chi connectivity index (χ0n) is 11.5. The Labute approximate surface area is 107 Å². The lowest BCUT2D eigenvalue weighted by Crippen LogP contribution is -2.11. The van der Waals surface area contributed by atoms with E-state index in [1.54, 1.807) is 0 Å². The highest BCUT2D eigenvalue weighted by Crippen LogP contribution is 2.17. The van der Waals surface area contributed by atoms with E-state index >= 15 is 0 Å². The normalized spacial score (nSPS) is 32.4. The number of hydrogen-bond acceptors (Lipinski definition) is 1. The van der Waals surface area contributed by atoms with Gasteiger partial charge >= 0.3 is 0 Å². The van der Waals surface area contributed by atoms with Gasteiger partial charge in [0.2, 0.25) is 0 Å². The molecule has 1 rings (SSSR count). The van der Waals surface area contributed by atoms with Gasteiger partial charge in [0.15, 0.2) is 0 Å². The summed E-state index contributed by atoms with van der Waals surface area (Å²) in [6.07, 6.45) is 18.4. The van der Waals surface area contributed by atoms with Gasteiger partial charge in [0.05, 0.1) is 6.10 Å². The summed E-state index contributed by atoms with van der Waals surface area (Å²) in [5, 5.41) is 9.92. The van der Waals surface area contributed by atoms with Crippen molar-refractivity contribution in [2.45, 2.75) is 83.7 Å². The first kappa shape index (κ1) is 14.8. The first-order valence-corrected chi connectivity index (χ1v) is 7.62. The fourth-order valence-electron chi connectivity index (χ4n) is 2.65. The zero-order chi connectivity index (χ0) is 12.3. The quantitative estimate of drug-likeness (QED) is 0.598. The average Bonchev–Trinajstić information content (AvgIpc) is 2.30. The molecule has 0 heterocycles. The summed E-state index contributed by atoms with van der Waals surface area (Å²) in [5.74, 6) is 0.631. The van der Waals surface area contributed by atoms with E-state index in [2.05, 4.69) is 19.1 Å². The Morgan fingerprint density at radius 2 is 1.53 bits per heavy atom. The van der Waals surface area contributed by atoms with Crippen LogP contribution in [-0.4, -0.2) is 11.2 Å². The predicted octanol–water partition coefficient (Wildman–Crippen LogP) is 4.84. The van der Waals surface area contributed by atoms with Crippen LogP contribution in [0, 0.1) is 5.92 Å². The number of aliphatic hydroxyl groups excluding tert-OH is 1. The van der Waals surface area contributed by atoms with Crippen LogP contribution in [0.2, 0.25) is 0 Å². The topological polar surface area (TPSA) is 20.2 Å². The lowest BCUT2D eigenvalue weighted by molar-refractivity contribution is 0.133. The lowest BCUT2D eigenvalue weighted by Gasteiger charge is -2.14. The molecule has 0 aromatic heterocycles. The molecule has 1 unspecified atom stereocenters. The van der Waals surface area contributed by atoms with Gasteiger partial charge in [0.25, 0.3) is 0 Å². The Morgan fingerprint density at radius 3 is 2.29 bits per heavy atom. The SMILES string of the molecule is C[C@@H]1C/C=C\CCCCCCCCCC(O)C1. The van der Waals surface area contributed by atoms with Crippen molar-refractivity contribution in [2.24, 2.45) is 5.92 Å². The Balaban J connectivity index is 2.28. The van der Waals surface area contributed by atoms with Gasteiger partial charge in [-0.15, -0.1) is 0 Å². The van der Waals surface area contributed by atoms with Crippen LogP contribution in [0.1, 0.15) is 77.6 Å². The van der Waals surface area contributed by atoms with E-state index < -0.39 is 0 Å². The summed E-state index contributed by atoms with van der Waals surface area (Å²) in [4.78, 5) is 0. The molecule has 0 saturated carbocycles. The molecule has 0 aromatic rings. The van der Waals surface area contributed by atoms with Gasteiger partial charge in [0.1, 0.15) is 0 Å². The molecule has 0 fully saturated rings. The van der Waals surface area contributed by atoms with Crippen LogP contribution in [-0.2, 0) is 0 Å². The molecule has 1 aliphatic carbocycles. The molecule has 0 aliphatic heterocycles. The van der Waals surface area contributed by atoms with Crippen molar-refractivity contribution in [3.63, 3.8) is 0 Å². The maximum absolute atomic E-state index is 9.92. The third-order valence-electron chi connectivity index (χ3n) is 3.79. The van der Waals surface area contributed by atoms with Crippen LogP contribution in [0.15, 0.2) is 12.2 Å². The van der Waals surface area contributed by atoms with Gasteiger partial charge in [0, 0.05) is 0 Å². The average molecular weight is 238 g/mol. The molecule has 17 heavy (non-hydrogen) atoms. The second-order valence-corrected chi connectivity index (χ2v) is 5.75.